The van der Waals surface area contributed by atoms with Gasteiger partial charge in [-0.25, -0.2) is 0 Å². The van der Waals surface area contributed by atoms with Gasteiger partial charge in [0.2, 0.25) is 0 Å². The maximum atomic E-state index is 6.09. The molecule has 2 aliphatic rings. The van der Waals surface area contributed by atoms with Gasteiger partial charge in [0.05, 0.1) is 22.4 Å². The van der Waals surface area contributed by atoms with Crippen LogP contribution in [0.3, 0.4) is 0 Å². The van der Waals surface area contributed by atoms with Crippen LogP contribution in [0, 0.1) is 5.41 Å². The lowest BCUT2D eigenvalue weighted by molar-refractivity contribution is -0.237. The zero-order valence-electron chi connectivity index (χ0n) is 19.1. The number of hydrogen-bond acceptors (Lipinski definition) is 4. The first-order chi connectivity index (χ1) is 10.6. The summed E-state index contributed by atoms with van der Waals surface area (Å²) in [5, 5.41) is 0. The summed E-state index contributed by atoms with van der Waals surface area (Å²) < 4.78 is 23.6. The third-order valence-electron chi connectivity index (χ3n) is 6.16. The molecule has 2 saturated heterocycles. The SMILES string of the molecule is CC(C)(C)C1(C)OC(C)(C)C(C)(C)O1.CC1(C)OC(C)(C)C(C)(C)O1. The Morgan fingerprint density at radius 3 is 0.800 bits per heavy atom. The summed E-state index contributed by atoms with van der Waals surface area (Å²) >= 11 is 0. The minimum Gasteiger partial charge on any atom is -0.342 e. The second-order valence-electron chi connectivity index (χ2n) is 11.0. The summed E-state index contributed by atoms with van der Waals surface area (Å²) in [4.78, 5) is 0. The Kier molecular flexibility index (Phi) is 5.42. The Morgan fingerprint density at radius 2 is 0.680 bits per heavy atom. The minimum atomic E-state index is -0.500. The highest BCUT2D eigenvalue weighted by atomic mass is 16.8. The summed E-state index contributed by atoms with van der Waals surface area (Å²) in [5.74, 6) is -0.938. The van der Waals surface area contributed by atoms with Crippen LogP contribution in [0.4, 0.5) is 0 Å². The lowest BCUT2D eigenvalue weighted by atomic mass is 9.86. The van der Waals surface area contributed by atoms with Gasteiger partial charge in [0.1, 0.15) is 0 Å². The van der Waals surface area contributed by atoms with E-state index in [1.807, 2.05) is 20.8 Å². The average molecular weight is 359 g/mol. The molecule has 0 aromatic carbocycles. The van der Waals surface area contributed by atoms with Crippen molar-refractivity contribution >= 4 is 0 Å². The molecule has 2 fully saturated rings. The second kappa shape index (κ2) is 5.92. The maximum Gasteiger partial charge on any atom is 0.171 e. The minimum absolute atomic E-state index is 0.0158. The van der Waals surface area contributed by atoms with Crippen molar-refractivity contribution < 1.29 is 18.9 Å². The van der Waals surface area contributed by atoms with Crippen molar-refractivity contribution in [1.29, 1.82) is 0 Å². The highest BCUT2D eigenvalue weighted by Crippen LogP contribution is 2.50. The largest absolute Gasteiger partial charge is 0.342 e. The summed E-state index contributed by atoms with van der Waals surface area (Å²) in [6.45, 7) is 28.9. The van der Waals surface area contributed by atoms with Crippen molar-refractivity contribution in [2.75, 3.05) is 0 Å². The van der Waals surface area contributed by atoms with Crippen molar-refractivity contribution in [2.45, 2.75) is 131 Å². The van der Waals surface area contributed by atoms with Gasteiger partial charge in [-0.05, 0) is 76.2 Å². The van der Waals surface area contributed by atoms with Crippen molar-refractivity contribution in [1.82, 2.24) is 0 Å². The highest BCUT2D eigenvalue weighted by Gasteiger charge is 2.59. The number of ether oxygens (including phenoxy) is 4. The lowest BCUT2D eigenvalue weighted by Crippen LogP contribution is -2.42. The molecule has 2 aliphatic heterocycles. The fourth-order valence-corrected chi connectivity index (χ4v) is 3.04. The van der Waals surface area contributed by atoms with E-state index in [4.69, 9.17) is 18.9 Å². The molecular formula is C21H42O4. The topological polar surface area (TPSA) is 36.9 Å². The second-order valence-corrected chi connectivity index (χ2v) is 11.0. The third kappa shape index (κ3) is 4.40. The van der Waals surface area contributed by atoms with Gasteiger partial charge in [0.25, 0.3) is 0 Å². The van der Waals surface area contributed by atoms with E-state index in [0.29, 0.717) is 0 Å². The smallest absolute Gasteiger partial charge is 0.171 e. The summed E-state index contributed by atoms with van der Waals surface area (Å²) in [7, 11) is 0. The lowest BCUT2D eigenvalue weighted by Gasteiger charge is -2.37. The molecule has 2 rings (SSSR count). The zero-order valence-corrected chi connectivity index (χ0v) is 19.1. The summed E-state index contributed by atoms with van der Waals surface area (Å²) in [6.07, 6.45) is 0. The normalized spacial score (nSPS) is 30.5. The van der Waals surface area contributed by atoms with E-state index in [1.165, 1.54) is 0 Å². The highest BCUT2D eigenvalue weighted by molar-refractivity contribution is 5.01. The molecule has 150 valence electrons. The van der Waals surface area contributed by atoms with Crippen LogP contribution in [0.1, 0.15) is 96.9 Å². The van der Waals surface area contributed by atoms with Crippen LogP contribution in [0.25, 0.3) is 0 Å². The first kappa shape index (κ1) is 22.9. The predicted octanol–water partition coefficient (Wildman–Crippen LogP) is 5.68. The fourth-order valence-electron chi connectivity index (χ4n) is 3.04. The van der Waals surface area contributed by atoms with E-state index in [-0.39, 0.29) is 27.8 Å². The van der Waals surface area contributed by atoms with Gasteiger partial charge in [-0.1, -0.05) is 20.8 Å². The zero-order chi connectivity index (χ0) is 20.3. The quantitative estimate of drug-likeness (QED) is 0.558. The Morgan fingerprint density at radius 1 is 0.440 bits per heavy atom. The van der Waals surface area contributed by atoms with Crippen LogP contribution in [-0.4, -0.2) is 34.0 Å². The molecule has 0 saturated carbocycles. The molecule has 4 heteroatoms. The van der Waals surface area contributed by atoms with E-state index < -0.39 is 11.6 Å². The van der Waals surface area contributed by atoms with Crippen LogP contribution in [-0.2, 0) is 18.9 Å². The van der Waals surface area contributed by atoms with Crippen molar-refractivity contribution in [3.63, 3.8) is 0 Å². The molecule has 0 radical (unpaired) electrons. The molecule has 0 aliphatic carbocycles. The van der Waals surface area contributed by atoms with Crippen molar-refractivity contribution in [3.05, 3.63) is 0 Å². The van der Waals surface area contributed by atoms with Crippen LogP contribution < -0.4 is 0 Å². The standard InChI is InChI=1S/C12H24O2.C9H18O2/c1-9(2,3)12(8)13-10(4,5)11(6,7)14-12;1-7(2)8(3,4)11-9(5,6)10-7/h1-8H3;1-6H3. The van der Waals surface area contributed by atoms with Crippen LogP contribution in [0.5, 0.6) is 0 Å². The van der Waals surface area contributed by atoms with Crippen molar-refractivity contribution in [3.8, 4) is 0 Å². The average Bonchev–Trinajstić information content (AvgIpc) is 2.47. The Balaban J connectivity index is 0.000000257. The molecule has 0 N–H and O–H groups in total. The monoisotopic (exact) mass is 358 g/mol. The van der Waals surface area contributed by atoms with E-state index in [9.17, 15) is 0 Å². The molecular weight excluding hydrogens is 316 g/mol. The van der Waals surface area contributed by atoms with Crippen LogP contribution in [0.15, 0.2) is 0 Å². The van der Waals surface area contributed by atoms with Gasteiger partial charge in [-0.2, -0.15) is 0 Å². The maximum absolute atomic E-state index is 6.09. The molecule has 25 heavy (non-hydrogen) atoms. The molecule has 0 spiro atoms. The van der Waals surface area contributed by atoms with E-state index in [2.05, 4.69) is 76.2 Å². The van der Waals surface area contributed by atoms with Gasteiger partial charge < -0.3 is 18.9 Å². The fraction of sp³-hybridized carbons (Fsp3) is 1.00. The molecule has 0 aromatic rings. The van der Waals surface area contributed by atoms with Gasteiger partial charge >= 0.3 is 0 Å². The first-order valence-corrected chi connectivity index (χ1v) is 9.38. The number of hydrogen-bond donors (Lipinski definition) is 0. The molecule has 0 unspecified atom stereocenters. The number of rotatable bonds is 0. The van der Waals surface area contributed by atoms with Crippen LogP contribution in [0.2, 0.25) is 0 Å². The Hall–Kier alpha value is -0.160. The molecule has 0 amide bonds. The third-order valence-corrected chi connectivity index (χ3v) is 6.16. The summed E-state index contributed by atoms with van der Waals surface area (Å²) in [6, 6.07) is 0. The van der Waals surface area contributed by atoms with Gasteiger partial charge in [0.15, 0.2) is 11.6 Å². The van der Waals surface area contributed by atoms with Gasteiger partial charge in [-0.3, -0.25) is 0 Å². The molecule has 0 atom stereocenters. The van der Waals surface area contributed by atoms with E-state index in [1.54, 1.807) is 0 Å². The molecule has 2 heterocycles. The summed E-state index contributed by atoms with van der Waals surface area (Å²) in [5.41, 5.74) is -0.894. The molecule has 0 aromatic heterocycles. The van der Waals surface area contributed by atoms with Gasteiger partial charge in [-0.15, -0.1) is 0 Å². The molecule has 0 bridgehead atoms. The first-order valence-electron chi connectivity index (χ1n) is 9.38. The van der Waals surface area contributed by atoms with Gasteiger partial charge in [0, 0.05) is 5.41 Å². The van der Waals surface area contributed by atoms with Crippen LogP contribution >= 0.6 is 0 Å². The Labute approximate surface area is 155 Å². The molecule has 4 nitrogen and oxygen atoms in total. The Bertz CT molecular complexity index is 459. The van der Waals surface area contributed by atoms with E-state index in [0.717, 1.165) is 0 Å². The van der Waals surface area contributed by atoms with E-state index >= 15 is 0 Å². The predicted molar refractivity (Wildman–Crippen MR) is 103 cm³/mol. The van der Waals surface area contributed by atoms with Crippen molar-refractivity contribution in [2.24, 2.45) is 5.41 Å².